The van der Waals surface area contributed by atoms with Crippen molar-refractivity contribution < 1.29 is 24.2 Å². The van der Waals surface area contributed by atoms with Gasteiger partial charge in [0.05, 0.1) is 0 Å². The van der Waals surface area contributed by atoms with Gasteiger partial charge < -0.3 is 25.4 Å². The third-order valence-electron chi connectivity index (χ3n) is 7.14. The predicted octanol–water partition coefficient (Wildman–Crippen LogP) is 6.12. The lowest BCUT2D eigenvalue weighted by molar-refractivity contribution is -0.145. The summed E-state index contributed by atoms with van der Waals surface area (Å²) in [4.78, 5) is 42.9. The third kappa shape index (κ3) is 10.4. The van der Waals surface area contributed by atoms with Crippen molar-refractivity contribution in [3.63, 3.8) is 0 Å². The van der Waals surface area contributed by atoms with E-state index in [0.29, 0.717) is 13.0 Å². The van der Waals surface area contributed by atoms with Gasteiger partial charge >= 0.3 is 6.09 Å². The Labute approximate surface area is 245 Å². The Morgan fingerprint density at radius 3 is 2.20 bits per heavy atom. The summed E-state index contributed by atoms with van der Waals surface area (Å²) in [6, 6.07) is 10.1. The first-order chi connectivity index (χ1) is 19.3. The summed E-state index contributed by atoms with van der Waals surface area (Å²) in [7, 11) is 0. The van der Waals surface area contributed by atoms with Crippen molar-refractivity contribution in [2.45, 2.75) is 111 Å². The van der Waals surface area contributed by atoms with Gasteiger partial charge in [-0.25, -0.2) is 4.79 Å². The molecule has 0 spiro atoms. The van der Waals surface area contributed by atoms with Gasteiger partial charge in [-0.2, -0.15) is 0 Å². The molecule has 3 unspecified atom stereocenters. The van der Waals surface area contributed by atoms with Gasteiger partial charge in [0.1, 0.15) is 23.4 Å². The van der Waals surface area contributed by atoms with E-state index in [9.17, 15) is 19.5 Å². The Bertz CT molecular complexity index is 1160. The summed E-state index contributed by atoms with van der Waals surface area (Å²) in [5, 5.41) is 15.6. The average Bonchev–Trinajstić information content (AvgIpc) is 2.90. The van der Waals surface area contributed by atoms with Crippen molar-refractivity contribution in [2.75, 3.05) is 6.54 Å². The van der Waals surface area contributed by atoms with Crippen molar-refractivity contribution in [3.8, 4) is 5.75 Å². The Morgan fingerprint density at radius 1 is 0.976 bits per heavy atom. The number of phenolic OH excluding ortho intramolecular Hbond substituents is 1. The maximum Gasteiger partial charge on any atom is 0.408 e. The average molecular weight is 568 g/mol. The van der Waals surface area contributed by atoms with Crippen LogP contribution in [-0.4, -0.2) is 52.1 Å². The molecule has 3 amide bonds. The summed E-state index contributed by atoms with van der Waals surface area (Å²) in [6.07, 6.45) is 2.92. The fourth-order valence-electron chi connectivity index (χ4n) is 4.55. The Hall–Kier alpha value is -3.55. The van der Waals surface area contributed by atoms with Crippen molar-refractivity contribution >= 4 is 17.9 Å². The molecule has 2 rings (SSSR count). The minimum absolute atomic E-state index is 0.104. The molecule has 0 aliphatic heterocycles. The van der Waals surface area contributed by atoms with Crippen LogP contribution in [0.1, 0.15) is 95.5 Å². The molecule has 226 valence electrons. The molecule has 8 nitrogen and oxygen atoms in total. The number of unbranched alkanes of at least 4 members (excludes halogenated alkanes) is 2. The fraction of sp³-hybridized carbons (Fsp3) is 0.545. The maximum atomic E-state index is 14.5. The predicted molar refractivity (Wildman–Crippen MR) is 163 cm³/mol. The molecule has 41 heavy (non-hydrogen) atoms. The second-order valence-electron chi connectivity index (χ2n) is 11.8. The van der Waals surface area contributed by atoms with Crippen molar-refractivity contribution in [1.29, 1.82) is 0 Å². The van der Waals surface area contributed by atoms with Gasteiger partial charge in [0, 0.05) is 19.0 Å². The minimum atomic E-state index is -1.01. The number of aromatic hydroxyl groups is 1. The monoisotopic (exact) mass is 567 g/mol. The number of rotatable bonds is 13. The van der Waals surface area contributed by atoms with Crippen molar-refractivity contribution in [2.24, 2.45) is 0 Å². The summed E-state index contributed by atoms with van der Waals surface area (Å²) in [5.41, 5.74) is 2.82. The normalized spacial score (nSPS) is 13.6. The number of carbonyl (C=O) groups is 3. The van der Waals surface area contributed by atoms with E-state index < -0.39 is 23.8 Å². The number of ether oxygens (including phenoxy) is 1. The van der Waals surface area contributed by atoms with Crippen LogP contribution in [0.5, 0.6) is 5.75 Å². The number of hydrogen-bond acceptors (Lipinski definition) is 5. The first-order valence-corrected chi connectivity index (χ1v) is 14.7. The number of benzene rings is 2. The van der Waals surface area contributed by atoms with Crippen molar-refractivity contribution in [1.82, 2.24) is 15.5 Å². The fourth-order valence-corrected chi connectivity index (χ4v) is 4.55. The molecule has 2 aromatic carbocycles. The van der Waals surface area contributed by atoms with Gasteiger partial charge in [0.15, 0.2) is 0 Å². The van der Waals surface area contributed by atoms with E-state index in [1.165, 1.54) is 0 Å². The lowest BCUT2D eigenvalue weighted by Gasteiger charge is -2.38. The largest absolute Gasteiger partial charge is 0.508 e. The first kappa shape index (κ1) is 33.7. The molecular weight excluding hydrogens is 518 g/mol. The van der Waals surface area contributed by atoms with Crippen molar-refractivity contribution in [3.05, 3.63) is 64.7 Å². The van der Waals surface area contributed by atoms with Crippen LogP contribution in [0, 0.1) is 13.8 Å². The zero-order valence-corrected chi connectivity index (χ0v) is 26.0. The number of amides is 3. The molecule has 0 fully saturated rings. The molecule has 3 N–H and O–H groups in total. The van der Waals surface area contributed by atoms with E-state index in [2.05, 4.69) is 17.6 Å². The van der Waals surface area contributed by atoms with Crippen LogP contribution in [0.25, 0.3) is 0 Å². The van der Waals surface area contributed by atoms with E-state index >= 15 is 0 Å². The van der Waals surface area contributed by atoms with Crippen LogP contribution < -0.4 is 10.6 Å². The summed E-state index contributed by atoms with van der Waals surface area (Å²) < 4.78 is 5.50. The molecule has 0 aromatic heterocycles. The molecule has 0 bridgehead atoms. The number of carbonyl (C=O) groups excluding carboxylic acids is 3. The zero-order valence-electron chi connectivity index (χ0n) is 26.0. The number of nitrogens with zero attached hydrogens (tertiary/aromatic N) is 1. The second kappa shape index (κ2) is 15.5. The van der Waals surface area contributed by atoms with Gasteiger partial charge in [-0.15, -0.1) is 0 Å². The maximum absolute atomic E-state index is 14.5. The highest BCUT2D eigenvalue weighted by Crippen LogP contribution is 2.28. The molecule has 2 aromatic rings. The molecule has 0 aliphatic rings. The highest BCUT2D eigenvalue weighted by molar-refractivity contribution is 5.92. The minimum Gasteiger partial charge on any atom is -0.508 e. The second-order valence-corrected chi connectivity index (χ2v) is 11.8. The quantitative estimate of drug-likeness (QED) is 0.253. The molecule has 0 saturated heterocycles. The molecule has 8 heteroatoms. The standard InChI is InChI=1S/C33H49N3O5/c1-9-11-12-19-34-30(38)29(26-16-13-22(3)23(4)20-26)36(24(5)10-2)31(39)28(35-32(40)41-33(6,7)8)21-25-14-17-27(37)18-15-25/h13-18,20,24,28-29,37H,9-12,19,21H2,1-8H3,(H,34,38)(H,35,40). The van der Waals surface area contributed by atoms with E-state index in [0.717, 1.165) is 41.5 Å². The van der Waals surface area contributed by atoms with Crippen LogP contribution >= 0.6 is 0 Å². The molecule has 3 atom stereocenters. The Balaban J connectivity index is 2.57. The molecule has 0 heterocycles. The van der Waals surface area contributed by atoms with Crippen LogP contribution in [-0.2, 0) is 20.7 Å². The number of nitrogens with one attached hydrogen (secondary N) is 2. The topological polar surface area (TPSA) is 108 Å². The van der Waals surface area contributed by atoms with Gasteiger partial charge in [-0.1, -0.05) is 57.0 Å². The van der Waals surface area contributed by atoms with Gasteiger partial charge in [-0.05, 0) is 88.8 Å². The van der Waals surface area contributed by atoms with Crippen LogP contribution in [0.2, 0.25) is 0 Å². The number of alkyl carbamates (subject to hydrolysis) is 1. The molecular formula is C33H49N3O5. The van der Waals surface area contributed by atoms with Gasteiger partial charge in [0.2, 0.25) is 11.8 Å². The number of phenols is 1. The molecule has 0 aliphatic carbocycles. The molecule has 0 radical (unpaired) electrons. The van der Waals surface area contributed by atoms with E-state index in [1.807, 2.05) is 45.9 Å². The summed E-state index contributed by atoms with van der Waals surface area (Å²) in [6.45, 7) is 15.8. The van der Waals surface area contributed by atoms with Crippen LogP contribution in [0.3, 0.4) is 0 Å². The van der Waals surface area contributed by atoms with E-state index in [4.69, 9.17) is 4.74 Å². The lowest BCUT2D eigenvalue weighted by atomic mass is 9.95. The first-order valence-electron chi connectivity index (χ1n) is 14.7. The van der Waals surface area contributed by atoms with Crippen LogP contribution in [0.4, 0.5) is 4.79 Å². The lowest BCUT2D eigenvalue weighted by Crippen LogP contribution is -2.56. The van der Waals surface area contributed by atoms with Crippen LogP contribution in [0.15, 0.2) is 42.5 Å². The Kier molecular flexibility index (Phi) is 12.7. The smallest absolute Gasteiger partial charge is 0.408 e. The number of hydrogen-bond donors (Lipinski definition) is 3. The SMILES string of the molecule is CCCCCNC(=O)C(c1ccc(C)c(C)c1)N(C(=O)C(Cc1ccc(O)cc1)NC(=O)OC(C)(C)C)C(C)CC. The molecule has 0 saturated carbocycles. The Morgan fingerprint density at radius 2 is 1.63 bits per heavy atom. The third-order valence-corrected chi connectivity index (χ3v) is 7.14. The summed E-state index contributed by atoms with van der Waals surface area (Å²) in [5.74, 6) is -0.531. The van der Waals surface area contributed by atoms with E-state index in [1.54, 1.807) is 49.9 Å². The number of aryl methyl sites for hydroxylation is 2. The van der Waals surface area contributed by atoms with E-state index in [-0.39, 0.29) is 30.0 Å². The van der Waals surface area contributed by atoms with Gasteiger partial charge in [-0.3, -0.25) is 9.59 Å². The highest BCUT2D eigenvalue weighted by Gasteiger charge is 2.38. The highest BCUT2D eigenvalue weighted by atomic mass is 16.6. The summed E-state index contributed by atoms with van der Waals surface area (Å²) >= 11 is 0. The van der Waals surface area contributed by atoms with Gasteiger partial charge in [0.25, 0.3) is 0 Å². The zero-order chi connectivity index (χ0) is 30.7.